The number of benzene rings is 1. The average molecular weight is 316 g/mol. The van der Waals surface area contributed by atoms with Gasteiger partial charge in [-0.25, -0.2) is 0 Å². The van der Waals surface area contributed by atoms with Gasteiger partial charge in [-0.3, -0.25) is 4.57 Å². The molecule has 1 fully saturated rings. The predicted octanol–water partition coefficient (Wildman–Crippen LogP) is 2.64. The van der Waals surface area contributed by atoms with Crippen molar-refractivity contribution >= 4 is 5.95 Å². The summed E-state index contributed by atoms with van der Waals surface area (Å²) in [5, 5.41) is 8.64. The number of rotatable bonds is 6. The number of para-hydroxylation sites is 2. The third-order valence-electron chi connectivity index (χ3n) is 4.51. The molecule has 6 heteroatoms. The molecule has 0 bridgehead atoms. The molecular weight excluding hydrogens is 292 g/mol. The lowest BCUT2D eigenvalue weighted by Gasteiger charge is -2.17. The molecule has 0 aliphatic carbocycles. The lowest BCUT2D eigenvalue weighted by Crippen LogP contribution is -2.23. The molecule has 0 spiro atoms. The van der Waals surface area contributed by atoms with Crippen molar-refractivity contribution in [2.45, 2.75) is 26.4 Å². The van der Waals surface area contributed by atoms with E-state index in [9.17, 15) is 0 Å². The Morgan fingerprint density at radius 1 is 1.22 bits per heavy atom. The molecular formula is C17H24N4O2. The third kappa shape index (κ3) is 3.25. The fraction of sp³-hybridized carbons (Fsp3) is 0.529. The summed E-state index contributed by atoms with van der Waals surface area (Å²) in [7, 11) is 3.63. The summed E-state index contributed by atoms with van der Waals surface area (Å²) in [5.74, 6) is 3.94. The zero-order chi connectivity index (χ0) is 16.2. The van der Waals surface area contributed by atoms with E-state index in [2.05, 4.69) is 22.0 Å². The van der Waals surface area contributed by atoms with Crippen molar-refractivity contribution in [2.75, 3.05) is 25.1 Å². The molecule has 6 nitrogen and oxygen atoms in total. The van der Waals surface area contributed by atoms with E-state index in [1.807, 2.05) is 35.9 Å². The van der Waals surface area contributed by atoms with Crippen LogP contribution in [-0.4, -0.2) is 35.0 Å². The van der Waals surface area contributed by atoms with Gasteiger partial charge in [0.2, 0.25) is 5.95 Å². The normalized spacial score (nSPS) is 17.5. The summed E-state index contributed by atoms with van der Waals surface area (Å²) in [6, 6.07) is 7.62. The van der Waals surface area contributed by atoms with Crippen molar-refractivity contribution in [1.82, 2.24) is 14.8 Å². The topological polar surface area (TPSA) is 52.4 Å². The molecule has 3 rings (SSSR count). The van der Waals surface area contributed by atoms with Crippen LogP contribution in [0.25, 0.3) is 0 Å². The van der Waals surface area contributed by atoms with Crippen LogP contribution >= 0.6 is 0 Å². The Hall–Kier alpha value is -2.24. The summed E-state index contributed by atoms with van der Waals surface area (Å²) in [4.78, 5) is 2.31. The number of ether oxygens (including phenoxy) is 2. The number of hydrogen-bond acceptors (Lipinski definition) is 5. The first-order valence-electron chi connectivity index (χ1n) is 8.12. The second kappa shape index (κ2) is 6.89. The van der Waals surface area contributed by atoms with Gasteiger partial charge in [-0.15, -0.1) is 10.2 Å². The van der Waals surface area contributed by atoms with Crippen molar-refractivity contribution < 1.29 is 9.47 Å². The molecule has 23 heavy (non-hydrogen) atoms. The third-order valence-corrected chi connectivity index (χ3v) is 4.51. The minimum absolute atomic E-state index is 0.370. The van der Waals surface area contributed by atoms with E-state index in [4.69, 9.17) is 9.47 Å². The quantitative estimate of drug-likeness (QED) is 0.820. The average Bonchev–Trinajstić information content (AvgIpc) is 3.19. The van der Waals surface area contributed by atoms with E-state index in [0.717, 1.165) is 36.5 Å². The Morgan fingerprint density at radius 2 is 2.00 bits per heavy atom. The van der Waals surface area contributed by atoms with Crippen molar-refractivity contribution in [1.29, 1.82) is 0 Å². The van der Waals surface area contributed by atoms with Gasteiger partial charge in [0.15, 0.2) is 17.3 Å². The zero-order valence-corrected chi connectivity index (χ0v) is 14.0. The summed E-state index contributed by atoms with van der Waals surface area (Å²) in [5.41, 5.74) is 0. The van der Waals surface area contributed by atoms with Crippen LogP contribution in [-0.2, 0) is 13.7 Å². The number of methoxy groups -OCH3 is 1. The maximum Gasteiger partial charge on any atom is 0.227 e. The van der Waals surface area contributed by atoms with Crippen LogP contribution in [0.3, 0.4) is 0 Å². The van der Waals surface area contributed by atoms with Crippen LogP contribution < -0.4 is 14.4 Å². The van der Waals surface area contributed by atoms with Crippen molar-refractivity contribution in [3.8, 4) is 11.5 Å². The molecule has 1 atom stereocenters. The van der Waals surface area contributed by atoms with Gasteiger partial charge in [0.1, 0.15) is 6.61 Å². The standard InChI is InChI=1S/C17H24N4O2/c1-4-13-9-10-21(11-13)17-19-18-16(20(17)2)12-23-15-8-6-5-7-14(15)22-3/h5-8,13H,4,9-12H2,1-3H3. The highest BCUT2D eigenvalue weighted by Gasteiger charge is 2.25. The van der Waals surface area contributed by atoms with Crippen molar-refractivity contribution in [3.63, 3.8) is 0 Å². The Labute approximate surface area is 137 Å². The van der Waals surface area contributed by atoms with Gasteiger partial charge in [-0.1, -0.05) is 25.5 Å². The summed E-state index contributed by atoms with van der Waals surface area (Å²) >= 11 is 0. The molecule has 1 aliphatic rings. The van der Waals surface area contributed by atoms with Gasteiger partial charge in [-0.05, 0) is 24.5 Å². The monoisotopic (exact) mass is 316 g/mol. The summed E-state index contributed by atoms with van der Waals surface area (Å²) in [6.45, 7) is 4.74. The van der Waals surface area contributed by atoms with Crippen molar-refractivity contribution in [2.24, 2.45) is 13.0 Å². The van der Waals surface area contributed by atoms with Gasteiger partial charge in [0, 0.05) is 20.1 Å². The van der Waals surface area contributed by atoms with E-state index in [-0.39, 0.29) is 0 Å². The molecule has 1 aromatic carbocycles. The van der Waals surface area contributed by atoms with Crippen LogP contribution in [0.5, 0.6) is 11.5 Å². The molecule has 1 aromatic heterocycles. The van der Waals surface area contributed by atoms with Crippen LogP contribution in [0.2, 0.25) is 0 Å². The molecule has 1 aliphatic heterocycles. The predicted molar refractivity (Wildman–Crippen MR) is 88.9 cm³/mol. The SMILES string of the molecule is CCC1CCN(c2nnc(COc3ccccc3OC)n2C)C1. The molecule has 124 valence electrons. The van der Waals surface area contributed by atoms with E-state index in [0.29, 0.717) is 12.4 Å². The van der Waals surface area contributed by atoms with Gasteiger partial charge < -0.3 is 14.4 Å². The highest BCUT2D eigenvalue weighted by atomic mass is 16.5. The van der Waals surface area contributed by atoms with Gasteiger partial charge in [-0.2, -0.15) is 0 Å². The first kappa shape index (κ1) is 15.6. The molecule has 0 radical (unpaired) electrons. The Kier molecular flexibility index (Phi) is 4.69. The first-order valence-corrected chi connectivity index (χ1v) is 8.12. The minimum atomic E-state index is 0.370. The Bertz CT molecular complexity index is 656. The van der Waals surface area contributed by atoms with E-state index in [1.165, 1.54) is 12.8 Å². The maximum absolute atomic E-state index is 5.85. The highest BCUT2D eigenvalue weighted by molar-refractivity contribution is 5.39. The molecule has 2 heterocycles. The molecule has 1 saturated heterocycles. The fourth-order valence-corrected chi connectivity index (χ4v) is 2.98. The molecule has 1 unspecified atom stereocenters. The zero-order valence-electron chi connectivity index (χ0n) is 14.0. The smallest absolute Gasteiger partial charge is 0.227 e. The van der Waals surface area contributed by atoms with Crippen LogP contribution in [0.15, 0.2) is 24.3 Å². The van der Waals surface area contributed by atoms with Gasteiger partial charge in [0.05, 0.1) is 7.11 Å². The fourth-order valence-electron chi connectivity index (χ4n) is 2.98. The van der Waals surface area contributed by atoms with Gasteiger partial charge in [0.25, 0.3) is 0 Å². The summed E-state index contributed by atoms with van der Waals surface area (Å²) < 4.78 is 13.2. The number of nitrogens with zero attached hydrogens (tertiary/aromatic N) is 4. The van der Waals surface area contributed by atoms with E-state index < -0.39 is 0 Å². The molecule has 0 N–H and O–H groups in total. The Morgan fingerprint density at radius 3 is 2.70 bits per heavy atom. The second-order valence-corrected chi connectivity index (χ2v) is 5.92. The number of hydrogen-bond donors (Lipinski definition) is 0. The second-order valence-electron chi connectivity index (χ2n) is 5.92. The minimum Gasteiger partial charge on any atom is -0.493 e. The Balaban J connectivity index is 1.68. The highest BCUT2D eigenvalue weighted by Crippen LogP contribution is 2.27. The van der Waals surface area contributed by atoms with E-state index in [1.54, 1.807) is 7.11 Å². The number of aromatic nitrogens is 3. The van der Waals surface area contributed by atoms with Crippen molar-refractivity contribution in [3.05, 3.63) is 30.1 Å². The molecule has 2 aromatic rings. The van der Waals surface area contributed by atoms with E-state index >= 15 is 0 Å². The lowest BCUT2D eigenvalue weighted by molar-refractivity contribution is 0.273. The molecule has 0 amide bonds. The molecule has 0 saturated carbocycles. The van der Waals surface area contributed by atoms with Gasteiger partial charge >= 0.3 is 0 Å². The number of anilines is 1. The largest absolute Gasteiger partial charge is 0.493 e. The first-order chi connectivity index (χ1) is 11.2. The maximum atomic E-state index is 5.85. The van der Waals surface area contributed by atoms with Crippen LogP contribution in [0.1, 0.15) is 25.6 Å². The van der Waals surface area contributed by atoms with Crippen LogP contribution in [0, 0.1) is 5.92 Å². The lowest BCUT2D eigenvalue weighted by atomic mass is 10.1. The van der Waals surface area contributed by atoms with Crippen LogP contribution in [0.4, 0.5) is 5.95 Å². The summed E-state index contributed by atoms with van der Waals surface area (Å²) in [6.07, 6.45) is 2.45.